The summed E-state index contributed by atoms with van der Waals surface area (Å²) in [7, 11) is 0. The van der Waals surface area contributed by atoms with Gasteiger partial charge in [-0.1, -0.05) is 0 Å². The number of esters is 2. The normalized spacial score (nSPS) is 27.2. The van der Waals surface area contributed by atoms with Gasteiger partial charge in [-0.2, -0.15) is 0 Å². The highest BCUT2D eigenvalue weighted by molar-refractivity contribution is 5.90. The van der Waals surface area contributed by atoms with Gasteiger partial charge in [0.15, 0.2) is 0 Å². The minimum Gasteiger partial charge on any atom is -0.461 e. The summed E-state index contributed by atoms with van der Waals surface area (Å²) in [6.07, 6.45) is 2.88. The van der Waals surface area contributed by atoms with Crippen molar-refractivity contribution < 1.29 is 23.8 Å². The minimum atomic E-state index is -0.812. The first-order valence-corrected chi connectivity index (χ1v) is 7.83. The van der Waals surface area contributed by atoms with Crippen molar-refractivity contribution in [1.82, 2.24) is 5.32 Å². The number of carbonyl (C=O) groups excluding carboxylic acids is 2. The van der Waals surface area contributed by atoms with Crippen molar-refractivity contribution in [3.63, 3.8) is 0 Å². The molecule has 0 aromatic carbocycles. The fourth-order valence-electron chi connectivity index (χ4n) is 2.48. The van der Waals surface area contributed by atoms with Gasteiger partial charge >= 0.3 is 11.9 Å². The predicted molar refractivity (Wildman–Crippen MR) is 80.0 cm³/mol. The third kappa shape index (κ3) is 4.22. The molecular formula is C16H25NO5. The Labute approximate surface area is 131 Å². The molecular weight excluding hydrogens is 286 g/mol. The Kier molecular flexibility index (Phi) is 5.11. The van der Waals surface area contributed by atoms with Crippen LogP contribution in [0.3, 0.4) is 0 Å². The molecule has 2 aliphatic heterocycles. The van der Waals surface area contributed by atoms with Gasteiger partial charge in [-0.15, -0.1) is 0 Å². The van der Waals surface area contributed by atoms with E-state index in [4.69, 9.17) is 14.2 Å². The minimum absolute atomic E-state index is 0.0878. The van der Waals surface area contributed by atoms with Gasteiger partial charge in [-0.05, 0) is 40.5 Å². The second kappa shape index (κ2) is 6.69. The van der Waals surface area contributed by atoms with Crippen LogP contribution in [0.5, 0.6) is 0 Å². The SMILES string of the molecule is CC(C)OC(=O)C1=CN[C@@](C[C@H]2CO2)(C(=O)OC(C)C)CC1. The Hall–Kier alpha value is -1.56. The molecule has 2 aliphatic rings. The van der Waals surface area contributed by atoms with E-state index < -0.39 is 5.54 Å². The van der Waals surface area contributed by atoms with Crippen LogP contribution < -0.4 is 5.32 Å². The Morgan fingerprint density at radius 3 is 2.41 bits per heavy atom. The fourth-order valence-corrected chi connectivity index (χ4v) is 2.48. The molecule has 6 heteroatoms. The zero-order valence-corrected chi connectivity index (χ0v) is 13.7. The summed E-state index contributed by atoms with van der Waals surface area (Å²) < 4.78 is 15.8. The van der Waals surface area contributed by atoms with Crippen molar-refractivity contribution in [2.24, 2.45) is 0 Å². The van der Waals surface area contributed by atoms with Gasteiger partial charge in [-0.3, -0.25) is 0 Å². The Morgan fingerprint density at radius 2 is 1.95 bits per heavy atom. The molecule has 2 heterocycles. The predicted octanol–water partition coefficient (Wildman–Crippen LogP) is 1.68. The number of carbonyl (C=O) groups is 2. The van der Waals surface area contributed by atoms with Crippen molar-refractivity contribution in [2.75, 3.05) is 6.61 Å². The van der Waals surface area contributed by atoms with Crippen LogP contribution in [0.1, 0.15) is 47.0 Å². The summed E-state index contributed by atoms with van der Waals surface area (Å²) in [5, 5.41) is 3.10. The first-order valence-electron chi connectivity index (χ1n) is 7.83. The number of nitrogens with one attached hydrogen (secondary N) is 1. The molecule has 0 bridgehead atoms. The molecule has 2 rings (SSSR count). The van der Waals surface area contributed by atoms with Crippen LogP contribution in [0.15, 0.2) is 11.8 Å². The topological polar surface area (TPSA) is 77.2 Å². The second-order valence-electron chi connectivity index (χ2n) is 6.46. The number of rotatable bonds is 6. The first kappa shape index (κ1) is 16.8. The van der Waals surface area contributed by atoms with Gasteiger partial charge in [0, 0.05) is 12.6 Å². The summed E-state index contributed by atoms with van der Waals surface area (Å²) in [5.74, 6) is -0.624. The van der Waals surface area contributed by atoms with E-state index in [2.05, 4.69) is 5.32 Å². The average molecular weight is 311 g/mol. The number of ether oxygens (including phenoxy) is 3. The van der Waals surface area contributed by atoms with Gasteiger partial charge in [0.2, 0.25) is 0 Å². The van der Waals surface area contributed by atoms with Crippen LogP contribution in [0.25, 0.3) is 0 Å². The van der Waals surface area contributed by atoms with E-state index >= 15 is 0 Å². The third-order valence-electron chi connectivity index (χ3n) is 3.66. The number of hydrogen-bond donors (Lipinski definition) is 1. The average Bonchev–Trinajstić information content (AvgIpc) is 3.21. The van der Waals surface area contributed by atoms with Crippen LogP contribution >= 0.6 is 0 Å². The summed E-state index contributed by atoms with van der Waals surface area (Å²) in [4.78, 5) is 24.4. The van der Waals surface area contributed by atoms with Gasteiger partial charge < -0.3 is 19.5 Å². The van der Waals surface area contributed by atoms with Crippen molar-refractivity contribution in [3.05, 3.63) is 11.8 Å². The maximum absolute atomic E-state index is 12.5. The van der Waals surface area contributed by atoms with Crippen LogP contribution in [-0.4, -0.2) is 42.4 Å². The molecule has 1 fully saturated rings. The summed E-state index contributed by atoms with van der Waals surface area (Å²) in [6, 6.07) is 0. The van der Waals surface area contributed by atoms with E-state index in [1.165, 1.54) is 0 Å². The second-order valence-corrected chi connectivity index (χ2v) is 6.46. The van der Waals surface area contributed by atoms with Crippen molar-refractivity contribution in [2.45, 2.75) is 70.8 Å². The quantitative estimate of drug-likeness (QED) is 0.594. The Bertz CT molecular complexity index is 467. The van der Waals surface area contributed by atoms with E-state index in [1.54, 1.807) is 6.20 Å². The molecule has 0 radical (unpaired) electrons. The molecule has 6 nitrogen and oxygen atoms in total. The molecule has 0 spiro atoms. The number of hydrogen-bond acceptors (Lipinski definition) is 6. The molecule has 1 N–H and O–H groups in total. The van der Waals surface area contributed by atoms with Crippen LogP contribution in [0.4, 0.5) is 0 Å². The van der Waals surface area contributed by atoms with E-state index in [9.17, 15) is 9.59 Å². The molecule has 0 amide bonds. The van der Waals surface area contributed by atoms with Crippen molar-refractivity contribution in [1.29, 1.82) is 0 Å². The maximum Gasteiger partial charge on any atom is 0.335 e. The van der Waals surface area contributed by atoms with E-state index in [0.29, 0.717) is 31.4 Å². The molecule has 0 aromatic heterocycles. The smallest absolute Gasteiger partial charge is 0.335 e. The number of epoxide rings is 1. The molecule has 2 atom stereocenters. The van der Waals surface area contributed by atoms with Crippen LogP contribution in [0.2, 0.25) is 0 Å². The summed E-state index contributed by atoms with van der Waals surface area (Å²) in [5.41, 5.74) is -0.258. The highest BCUT2D eigenvalue weighted by Gasteiger charge is 2.46. The highest BCUT2D eigenvalue weighted by atomic mass is 16.6. The molecule has 1 saturated heterocycles. The lowest BCUT2D eigenvalue weighted by Gasteiger charge is -2.35. The fraction of sp³-hybridized carbons (Fsp3) is 0.750. The first-order chi connectivity index (χ1) is 10.3. The van der Waals surface area contributed by atoms with Crippen molar-refractivity contribution in [3.8, 4) is 0 Å². The molecule has 0 aromatic rings. The molecule has 124 valence electrons. The zero-order chi connectivity index (χ0) is 16.3. The highest BCUT2D eigenvalue weighted by Crippen LogP contribution is 2.32. The zero-order valence-electron chi connectivity index (χ0n) is 13.7. The lowest BCUT2D eigenvalue weighted by Crippen LogP contribution is -2.54. The standard InChI is InChI=1S/C16H25NO5/c1-10(2)21-14(18)12-5-6-16(17-8-12,7-13-9-20-13)15(19)22-11(3)4/h8,10-11,13,17H,5-7,9H2,1-4H3/t13-,16-/m0/s1. The molecule has 0 aliphatic carbocycles. The Balaban J connectivity index is 2.07. The van der Waals surface area contributed by atoms with E-state index in [0.717, 1.165) is 0 Å². The lowest BCUT2D eigenvalue weighted by atomic mass is 9.84. The molecule has 22 heavy (non-hydrogen) atoms. The molecule has 0 saturated carbocycles. The monoisotopic (exact) mass is 311 g/mol. The largest absolute Gasteiger partial charge is 0.461 e. The third-order valence-corrected chi connectivity index (χ3v) is 3.66. The van der Waals surface area contributed by atoms with Gasteiger partial charge in [0.1, 0.15) is 5.54 Å². The lowest BCUT2D eigenvalue weighted by molar-refractivity contribution is -0.157. The van der Waals surface area contributed by atoms with E-state index in [1.807, 2.05) is 27.7 Å². The summed E-state index contributed by atoms with van der Waals surface area (Å²) in [6.45, 7) is 7.93. The molecule has 0 unspecified atom stereocenters. The van der Waals surface area contributed by atoms with Crippen molar-refractivity contribution >= 4 is 11.9 Å². The van der Waals surface area contributed by atoms with Crippen LogP contribution in [-0.2, 0) is 23.8 Å². The summed E-state index contributed by atoms with van der Waals surface area (Å²) >= 11 is 0. The van der Waals surface area contributed by atoms with Gasteiger partial charge in [0.25, 0.3) is 0 Å². The Morgan fingerprint density at radius 1 is 1.32 bits per heavy atom. The van der Waals surface area contributed by atoms with E-state index in [-0.39, 0.29) is 30.3 Å². The van der Waals surface area contributed by atoms with Crippen LogP contribution in [0, 0.1) is 0 Å². The van der Waals surface area contributed by atoms with Gasteiger partial charge in [0.05, 0.1) is 30.5 Å². The van der Waals surface area contributed by atoms with Gasteiger partial charge in [-0.25, -0.2) is 9.59 Å². The maximum atomic E-state index is 12.5.